The van der Waals surface area contributed by atoms with Crippen molar-refractivity contribution in [2.24, 2.45) is 11.8 Å². The van der Waals surface area contributed by atoms with Crippen LogP contribution < -0.4 is 4.74 Å². The number of aromatic nitrogens is 1. The van der Waals surface area contributed by atoms with E-state index in [9.17, 15) is 4.79 Å². The van der Waals surface area contributed by atoms with Gasteiger partial charge in [-0.3, -0.25) is 4.79 Å². The highest BCUT2D eigenvalue weighted by atomic mass is 35.5. The number of carbonyl (C=O) groups is 1. The lowest BCUT2D eigenvalue weighted by Crippen LogP contribution is -2.42. The number of rotatable bonds is 4. The van der Waals surface area contributed by atoms with Crippen molar-refractivity contribution in [1.29, 1.82) is 0 Å². The maximum Gasteiger partial charge on any atom is 0.272 e. The van der Waals surface area contributed by atoms with Gasteiger partial charge >= 0.3 is 0 Å². The quantitative estimate of drug-likeness (QED) is 0.727. The summed E-state index contributed by atoms with van der Waals surface area (Å²) in [5.74, 6) is 1.42. The topological polar surface area (TPSA) is 42.4 Å². The zero-order chi connectivity index (χ0) is 18.7. The van der Waals surface area contributed by atoms with Gasteiger partial charge < -0.3 is 9.64 Å². The third-order valence-electron chi connectivity index (χ3n) is 4.47. The summed E-state index contributed by atoms with van der Waals surface area (Å²) in [7, 11) is 0. The van der Waals surface area contributed by atoms with E-state index in [1.807, 2.05) is 17.0 Å². The monoisotopic (exact) mass is 392 g/mol. The fraction of sp³-hybridized carbons (Fsp3) is 0.400. The number of likely N-dealkylation sites (tertiary alicyclic amines) is 1. The molecule has 2 aromatic rings. The molecule has 0 spiro atoms. The fourth-order valence-corrected chi connectivity index (χ4v) is 3.94. The Kier molecular flexibility index (Phi) is 6.05. The second-order valence-corrected chi connectivity index (χ2v) is 7.82. The van der Waals surface area contributed by atoms with Gasteiger partial charge in [-0.25, -0.2) is 4.98 Å². The number of carbonyl (C=O) groups excluding carboxylic acids is 1. The molecule has 0 saturated carbocycles. The number of amides is 1. The molecule has 1 aromatic carbocycles. The van der Waals surface area contributed by atoms with Crippen LogP contribution in [0, 0.1) is 11.8 Å². The van der Waals surface area contributed by atoms with Gasteiger partial charge in [-0.1, -0.05) is 49.2 Å². The molecule has 138 valence electrons. The lowest BCUT2D eigenvalue weighted by Gasteiger charge is -2.34. The van der Waals surface area contributed by atoms with E-state index >= 15 is 0 Å². The maximum absolute atomic E-state index is 12.8. The van der Waals surface area contributed by atoms with Crippen LogP contribution in [-0.2, 0) is 6.61 Å². The lowest BCUT2D eigenvalue weighted by molar-refractivity contribution is 0.0616. The van der Waals surface area contributed by atoms with Crippen molar-refractivity contribution < 1.29 is 9.53 Å². The van der Waals surface area contributed by atoms with Crippen molar-refractivity contribution >= 4 is 29.1 Å². The lowest BCUT2D eigenvalue weighted by atomic mass is 9.92. The summed E-state index contributed by atoms with van der Waals surface area (Å²) in [5, 5.41) is 0.891. The maximum atomic E-state index is 12.8. The first kappa shape index (κ1) is 19.0. The number of piperidine rings is 1. The number of nitrogens with zero attached hydrogens (tertiary/aromatic N) is 2. The van der Waals surface area contributed by atoms with E-state index in [4.69, 9.17) is 27.9 Å². The van der Waals surface area contributed by atoms with Gasteiger partial charge in [-0.05, 0) is 42.5 Å². The minimum atomic E-state index is -0.0268. The number of ether oxygens (including phenoxy) is 1. The Balaban J connectivity index is 1.71. The van der Waals surface area contributed by atoms with Crippen LogP contribution in [0.2, 0.25) is 10.0 Å². The molecule has 1 aromatic heterocycles. The largest absolute Gasteiger partial charge is 0.484 e. The highest BCUT2D eigenvalue weighted by Gasteiger charge is 2.26. The summed E-state index contributed by atoms with van der Waals surface area (Å²) in [4.78, 5) is 19.2. The van der Waals surface area contributed by atoms with Gasteiger partial charge in [0.25, 0.3) is 5.91 Å². The Morgan fingerprint density at radius 2 is 1.73 bits per heavy atom. The van der Waals surface area contributed by atoms with Gasteiger partial charge in [-0.15, -0.1) is 0 Å². The first-order valence-corrected chi connectivity index (χ1v) is 9.51. The molecule has 2 heterocycles. The summed E-state index contributed by atoms with van der Waals surface area (Å²) in [6, 6.07) is 10.6. The number of hydrogen-bond donors (Lipinski definition) is 0. The molecule has 0 aliphatic carbocycles. The van der Waals surface area contributed by atoms with Crippen LogP contribution in [0.5, 0.6) is 5.75 Å². The van der Waals surface area contributed by atoms with Gasteiger partial charge in [0, 0.05) is 13.1 Å². The van der Waals surface area contributed by atoms with Crippen molar-refractivity contribution in [2.75, 3.05) is 13.1 Å². The van der Waals surface area contributed by atoms with Crippen LogP contribution in [0.25, 0.3) is 0 Å². The average Bonchev–Trinajstić information content (AvgIpc) is 2.60. The molecule has 2 atom stereocenters. The summed E-state index contributed by atoms with van der Waals surface area (Å²) < 4.78 is 5.72. The highest BCUT2D eigenvalue weighted by Crippen LogP contribution is 2.32. The highest BCUT2D eigenvalue weighted by molar-refractivity contribution is 6.37. The first-order chi connectivity index (χ1) is 12.4. The van der Waals surface area contributed by atoms with Gasteiger partial charge in [0.1, 0.15) is 12.3 Å². The molecule has 2 unspecified atom stereocenters. The standard InChI is InChI=1S/C20H22Cl2N2O2/c1-13-9-14(2)11-24(10-13)20(25)18-8-3-5-15(23-18)12-26-19-16(21)6-4-7-17(19)22/h3-8,13-14H,9-12H2,1-2H3. The van der Waals surface area contributed by atoms with Crippen molar-refractivity contribution in [1.82, 2.24) is 9.88 Å². The Morgan fingerprint density at radius 1 is 1.12 bits per heavy atom. The number of benzene rings is 1. The number of para-hydroxylation sites is 1. The van der Waals surface area contributed by atoms with Crippen LogP contribution in [0.4, 0.5) is 0 Å². The predicted molar refractivity (Wildman–Crippen MR) is 104 cm³/mol. The average molecular weight is 393 g/mol. The van der Waals surface area contributed by atoms with Gasteiger partial charge in [0.2, 0.25) is 0 Å². The van der Waals surface area contributed by atoms with Crippen LogP contribution in [0.1, 0.15) is 36.5 Å². The molecular formula is C20H22Cl2N2O2. The summed E-state index contributed by atoms with van der Waals surface area (Å²) in [5.41, 5.74) is 1.10. The van der Waals surface area contributed by atoms with Gasteiger partial charge in [-0.2, -0.15) is 0 Å². The normalized spacial score (nSPS) is 20.1. The number of hydrogen-bond acceptors (Lipinski definition) is 3. The summed E-state index contributed by atoms with van der Waals surface area (Å²) in [6.45, 7) is 6.11. The number of pyridine rings is 1. The third kappa shape index (κ3) is 4.49. The molecule has 1 amide bonds. The Bertz CT molecular complexity index is 767. The molecular weight excluding hydrogens is 371 g/mol. The minimum absolute atomic E-state index is 0.0268. The molecule has 0 N–H and O–H groups in total. The third-order valence-corrected chi connectivity index (χ3v) is 5.06. The van der Waals surface area contributed by atoms with Crippen LogP contribution in [0.3, 0.4) is 0 Å². The SMILES string of the molecule is CC1CC(C)CN(C(=O)c2cccc(COc3c(Cl)cccc3Cl)n2)C1. The van der Waals surface area contributed by atoms with E-state index in [1.54, 1.807) is 24.3 Å². The smallest absolute Gasteiger partial charge is 0.272 e. The van der Waals surface area contributed by atoms with Crippen molar-refractivity contribution in [3.05, 3.63) is 57.8 Å². The second kappa shape index (κ2) is 8.28. The second-order valence-electron chi connectivity index (χ2n) is 7.01. The molecule has 6 heteroatoms. The van der Waals surface area contributed by atoms with E-state index in [-0.39, 0.29) is 12.5 Å². The van der Waals surface area contributed by atoms with Crippen LogP contribution >= 0.6 is 23.2 Å². The Morgan fingerprint density at radius 3 is 2.38 bits per heavy atom. The van der Waals surface area contributed by atoms with E-state index in [0.717, 1.165) is 19.5 Å². The summed E-state index contributed by atoms with van der Waals surface area (Å²) in [6.07, 6.45) is 1.16. The molecule has 1 aliphatic heterocycles. The minimum Gasteiger partial charge on any atom is -0.484 e. The molecule has 0 radical (unpaired) electrons. The van der Waals surface area contributed by atoms with E-state index < -0.39 is 0 Å². The van der Waals surface area contributed by atoms with Gasteiger partial charge in [0.15, 0.2) is 5.75 Å². The number of halogens is 2. The van der Waals surface area contributed by atoms with Crippen LogP contribution in [-0.4, -0.2) is 28.9 Å². The van der Waals surface area contributed by atoms with Crippen molar-refractivity contribution in [3.8, 4) is 5.75 Å². The van der Waals surface area contributed by atoms with E-state index in [1.165, 1.54) is 0 Å². The molecule has 1 aliphatic rings. The zero-order valence-electron chi connectivity index (χ0n) is 14.9. The zero-order valence-corrected chi connectivity index (χ0v) is 16.4. The predicted octanol–water partition coefficient (Wildman–Crippen LogP) is 5.09. The van der Waals surface area contributed by atoms with E-state index in [0.29, 0.717) is 39.0 Å². The summed E-state index contributed by atoms with van der Waals surface area (Å²) >= 11 is 12.2. The molecule has 0 bridgehead atoms. The van der Waals surface area contributed by atoms with Crippen molar-refractivity contribution in [2.45, 2.75) is 26.9 Å². The first-order valence-electron chi connectivity index (χ1n) is 8.76. The van der Waals surface area contributed by atoms with Crippen molar-refractivity contribution in [3.63, 3.8) is 0 Å². The molecule has 4 nitrogen and oxygen atoms in total. The Hall–Kier alpha value is -1.78. The van der Waals surface area contributed by atoms with Gasteiger partial charge in [0.05, 0.1) is 15.7 Å². The fourth-order valence-electron chi connectivity index (χ4n) is 3.44. The molecule has 1 fully saturated rings. The molecule has 26 heavy (non-hydrogen) atoms. The molecule has 1 saturated heterocycles. The van der Waals surface area contributed by atoms with E-state index in [2.05, 4.69) is 18.8 Å². The molecule has 3 rings (SSSR count). The Labute approximate surface area is 164 Å². The van der Waals surface area contributed by atoms with Crippen LogP contribution in [0.15, 0.2) is 36.4 Å².